The quantitative estimate of drug-likeness (QED) is 0.0709. The van der Waals surface area contributed by atoms with E-state index in [4.69, 9.17) is 4.98 Å². The Bertz CT molecular complexity index is 1810. The zero-order valence-electron chi connectivity index (χ0n) is 28.2. The van der Waals surface area contributed by atoms with Gasteiger partial charge >= 0.3 is 0 Å². The van der Waals surface area contributed by atoms with Gasteiger partial charge in [-0.1, -0.05) is 39.0 Å². The number of ketones is 1. The molecule has 46 heavy (non-hydrogen) atoms. The molecule has 1 heterocycles. The number of hydrogen-bond donors (Lipinski definition) is 0. The van der Waals surface area contributed by atoms with Crippen LogP contribution in [0.1, 0.15) is 60.3 Å². The van der Waals surface area contributed by atoms with E-state index in [1.807, 2.05) is 30.3 Å². The van der Waals surface area contributed by atoms with Gasteiger partial charge in [-0.3, -0.25) is 4.79 Å². The second kappa shape index (κ2) is 14.6. The largest absolute Gasteiger partial charge is 0.375 e. The molecule has 0 saturated heterocycles. The molecule has 0 aliphatic heterocycles. The topological polar surface area (TPSA) is 65.0 Å². The molecule has 0 atom stereocenters. The fourth-order valence-electron chi connectivity index (χ4n) is 5.97. The summed E-state index contributed by atoms with van der Waals surface area (Å²) in [6, 6.07) is 31.1. The minimum atomic E-state index is -0.197. The fraction of sp³-hybridized carbons (Fsp3) is 0.359. The van der Waals surface area contributed by atoms with Gasteiger partial charge in [0, 0.05) is 74.2 Å². The Morgan fingerprint density at radius 1 is 0.761 bits per heavy atom. The van der Waals surface area contributed by atoms with Crippen LogP contribution >= 0.6 is 0 Å². The molecule has 0 bridgehead atoms. The third-order valence-electron chi connectivity index (χ3n) is 9.49. The summed E-state index contributed by atoms with van der Waals surface area (Å²) in [5, 5.41) is 9.19. The average Bonchev–Trinajstić information content (AvgIpc) is 3.10. The van der Waals surface area contributed by atoms with Crippen LogP contribution in [0.25, 0.3) is 27.8 Å². The van der Waals surface area contributed by atoms with Crippen LogP contribution < -0.4 is 14.4 Å². The van der Waals surface area contributed by atoms with E-state index in [0.717, 1.165) is 83.7 Å². The van der Waals surface area contributed by atoms with Crippen LogP contribution in [0, 0.1) is 5.41 Å². The van der Waals surface area contributed by atoms with Gasteiger partial charge in [0.2, 0.25) is 16.7 Å². The summed E-state index contributed by atoms with van der Waals surface area (Å²) < 4.78 is 2.27. The average molecular weight is 616 g/mol. The molecule has 5 aromatic rings. The molecule has 5 rings (SSSR count). The van der Waals surface area contributed by atoms with Crippen molar-refractivity contribution in [2.24, 2.45) is 15.6 Å². The van der Waals surface area contributed by atoms with E-state index in [1.54, 1.807) is 0 Å². The molecular formula is C39H47N6O+. The third-order valence-corrected chi connectivity index (χ3v) is 9.49. The molecule has 7 nitrogen and oxygen atoms in total. The van der Waals surface area contributed by atoms with Gasteiger partial charge in [0.05, 0.1) is 11.4 Å². The lowest BCUT2D eigenvalue weighted by atomic mass is 9.79. The molecule has 238 valence electrons. The van der Waals surface area contributed by atoms with Gasteiger partial charge in [-0.2, -0.15) is 10.2 Å². The Morgan fingerprint density at radius 3 is 2.00 bits per heavy atom. The molecule has 0 aliphatic carbocycles. The van der Waals surface area contributed by atoms with E-state index < -0.39 is 0 Å². The molecule has 0 spiro atoms. The number of rotatable bonds is 14. The molecule has 0 amide bonds. The Kier molecular flexibility index (Phi) is 10.4. The van der Waals surface area contributed by atoms with Gasteiger partial charge < -0.3 is 9.80 Å². The molecular weight excluding hydrogens is 568 g/mol. The highest BCUT2D eigenvalue weighted by molar-refractivity contribution is 5.86. The van der Waals surface area contributed by atoms with Crippen molar-refractivity contribution in [2.45, 2.75) is 60.3 Å². The Hall–Kier alpha value is -4.65. The zero-order valence-corrected chi connectivity index (χ0v) is 28.2. The SMILES string of the molecule is CCN(CC)c1ccc2nc3ccc(N=Nc4ccc(N(C)CCCC(=O)C(C)(CC)CC)cc4)cc3[n+](-c3ccccc3)c2c1. The number of para-hydroxylation sites is 1. The first-order chi connectivity index (χ1) is 22.3. The molecule has 0 N–H and O–H groups in total. The fourth-order valence-corrected chi connectivity index (χ4v) is 5.97. The maximum absolute atomic E-state index is 12.7. The number of azo groups is 1. The normalized spacial score (nSPS) is 11.9. The van der Waals surface area contributed by atoms with Gasteiger partial charge in [0.15, 0.2) is 0 Å². The number of benzene rings is 4. The van der Waals surface area contributed by atoms with E-state index in [1.165, 1.54) is 5.69 Å². The van der Waals surface area contributed by atoms with Crippen molar-refractivity contribution in [1.29, 1.82) is 0 Å². The van der Waals surface area contributed by atoms with Crippen molar-refractivity contribution in [3.05, 3.63) is 91.0 Å². The van der Waals surface area contributed by atoms with Crippen molar-refractivity contribution in [2.75, 3.05) is 36.5 Å². The number of carbonyl (C=O) groups excluding carboxylic acids is 1. The van der Waals surface area contributed by atoms with E-state index in [2.05, 4.69) is 127 Å². The first kappa shape index (κ1) is 32.7. The summed E-state index contributed by atoms with van der Waals surface area (Å²) >= 11 is 0. The zero-order chi connectivity index (χ0) is 32.7. The summed E-state index contributed by atoms with van der Waals surface area (Å²) in [6.45, 7) is 13.4. The Morgan fingerprint density at radius 2 is 1.35 bits per heavy atom. The molecule has 4 aromatic carbocycles. The van der Waals surface area contributed by atoms with Crippen LogP contribution in [0.15, 0.2) is 101 Å². The number of aromatic nitrogens is 2. The van der Waals surface area contributed by atoms with Crippen molar-refractivity contribution in [1.82, 2.24) is 4.98 Å². The smallest absolute Gasteiger partial charge is 0.239 e. The predicted molar refractivity (Wildman–Crippen MR) is 191 cm³/mol. The first-order valence-electron chi connectivity index (χ1n) is 16.7. The Labute approximate surface area is 273 Å². The van der Waals surface area contributed by atoms with Crippen LogP contribution in [0.5, 0.6) is 0 Å². The molecule has 0 radical (unpaired) electrons. The second-order valence-corrected chi connectivity index (χ2v) is 12.2. The highest BCUT2D eigenvalue weighted by Crippen LogP contribution is 2.29. The minimum absolute atomic E-state index is 0.197. The van der Waals surface area contributed by atoms with Gasteiger partial charge in [0.1, 0.15) is 16.8 Å². The summed E-state index contributed by atoms with van der Waals surface area (Å²) in [5.74, 6) is 0.373. The van der Waals surface area contributed by atoms with E-state index >= 15 is 0 Å². The number of anilines is 2. The summed E-state index contributed by atoms with van der Waals surface area (Å²) in [7, 11) is 2.07. The first-order valence-corrected chi connectivity index (χ1v) is 16.7. The van der Waals surface area contributed by atoms with Crippen LogP contribution in [-0.4, -0.2) is 37.4 Å². The second-order valence-electron chi connectivity index (χ2n) is 12.2. The van der Waals surface area contributed by atoms with Crippen molar-refractivity contribution >= 4 is 50.6 Å². The van der Waals surface area contributed by atoms with Crippen LogP contribution in [0.4, 0.5) is 22.7 Å². The van der Waals surface area contributed by atoms with Crippen molar-refractivity contribution in [3.63, 3.8) is 0 Å². The van der Waals surface area contributed by atoms with Gasteiger partial charge in [-0.05, 0) is 81.6 Å². The minimum Gasteiger partial charge on any atom is -0.375 e. The van der Waals surface area contributed by atoms with Crippen LogP contribution in [0.3, 0.4) is 0 Å². The lowest BCUT2D eigenvalue weighted by molar-refractivity contribution is -0.538. The van der Waals surface area contributed by atoms with E-state index in [-0.39, 0.29) is 5.41 Å². The summed E-state index contributed by atoms with van der Waals surface area (Å²) in [5.41, 5.74) is 8.55. The lowest BCUT2D eigenvalue weighted by Crippen LogP contribution is -2.33. The number of nitrogens with zero attached hydrogens (tertiary/aromatic N) is 6. The lowest BCUT2D eigenvalue weighted by Gasteiger charge is -2.25. The predicted octanol–water partition coefficient (Wildman–Crippen LogP) is 9.54. The van der Waals surface area contributed by atoms with Crippen LogP contribution in [0.2, 0.25) is 0 Å². The molecule has 0 fully saturated rings. The summed E-state index contributed by atoms with van der Waals surface area (Å²) in [6.07, 6.45) is 3.25. The van der Waals surface area contributed by atoms with Gasteiger partial charge in [-0.15, -0.1) is 4.57 Å². The highest BCUT2D eigenvalue weighted by atomic mass is 16.1. The molecule has 0 aliphatic rings. The third kappa shape index (κ3) is 7.09. The monoisotopic (exact) mass is 615 g/mol. The molecule has 7 heteroatoms. The van der Waals surface area contributed by atoms with Crippen molar-refractivity contribution in [3.8, 4) is 5.69 Å². The molecule has 1 aromatic heterocycles. The molecule has 0 saturated carbocycles. The number of fused-ring (bicyclic) bond motifs is 2. The standard InChI is InChI=1S/C39H47N6O/c1-7-39(5,8-2)38(46)17-14-26-43(6)31-21-18-29(19-22-31)41-42-30-20-24-34-36(27-30)45(32-15-12-11-13-16-32)37-28-33(44(9-3)10-4)23-25-35(37)40-34/h11-13,15-16,18-25,27-28H,7-10,14,17,26H2,1-6H3/q+1. The number of carbonyl (C=O) groups is 1. The van der Waals surface area contributed by atoms with Gasteiger partial charge in [-0.25, -0.2) is 4.98 Å². The Balaban J connectivity index is 1.38. The van der Waals surface area contributed by atoms with Gasteiger partial charge in [0.25, 0.3) is 0 Å². The molecule has 0 unspecified atom stereocenters. The maximum atomic E-state index is 12.7. The highest BCUT2D eigenvalue weighted by Gasteiger charge is 2.28. The van der Waals surface area contributed by atoms with Crippen LogP contribution in [-0.2, 0) is 4.79 Å². The van der Waals surface area contributed by atoms with E-state index in [9.17, 15) is 4.79 Å². The maximum Gasteiger partial charge on any atom is 0.239 e. The van der Waals surface area contributed by atoms with E-state index in [0.29, 0.717) is 12.2 Å². The number of hydrogen-bond acceptors (Lipinski definition) is 6. The number of Topliss-reactive ketones (excluding diaryl/α,β-unsaturated/α-hetero) is 1. The van der Waals surface area contributed by atoms with Crippen molar-refractivity contribution < 1.29 is 9.36 Å². The summed E-state index contributed by atoms with van der Waals surface area (Å²) in [4.78, 5) is 22.3.